The van der Waals surface area contributed by atoms with Crippen LogP contribution in [0.1, 0.15) is 28.4 Å². The highest BCUT2D eigenvalue weighted by Crippen LogP contribution is 2.38. The Balaban J connectivity index is 1.66. The SMILES string of the molecule is CCOc1cc(/C=C2\N=C(c3ccc(Cl)c([N+](=O)[O-])c3)OC2=O)cc(Br)c1OC(=O)c1ccccc1. The first-order valence-corrected chi connectivity index (χ1v) is 11.6. The summed E-state index contributed by atoms with van der Waals surface area (Å²) >= 11 is 9.24. The average Bonchev–Trinajstić information content (AvgIpc) is 3.22. The molecule has 0 bridgehead atoms. The van der Waals surface area contributed by atoms with Crippen LogP contribution in [0.2, 0.25) is 5.02 Å². The maximum atomic E-state index is 12.5. The molecule has 36 heavy (non-hydrogen) atoms. The highest BCUT2D eigenvalue weighted by molar-refractivity contribution is 9.10. The van der Waals surface area contributed by atoms with Gasteiger partial charge in [0.25, 0.3) is 5.69 Å². The predicted molar refractivity (Wildman–Crippen MR) is 135 cm³/mol. The first-order chi connectivity index (χ1) is 17.3. The first-order valence-electron chi connectivity index (χ1n) is 10.5. The number of hydrogen-bond donors (Lipinski definition) is 0. The van der Waals surface area contributed by atoms with Gasteiger partial charge in [0.05, 0.1) is 21.6 Å². The Hall–Kier alpha value is -4.02. The number of nitro groups is 1. The van der Waals surface area contributed by atoms with E-state index in [1.54, 1.807) is 49.4 Å². The fraction of sp³-hybridized carbons (Fsp3) is 0.0800. The molecule has 0 spiro atoms. The number of esters is 2. The lowest BCUT2D eigenvalue weighted by atomic mass is 10.1. The summed E-state index contributed by atoms with van der Waals surface area (Å²) < 4.78 is 16.8. The molecule has 182 valence electrons. The molecule has 1 aliphatic rings. The molecule has 3 aromatic rings. The van der Waals surface area contributed by atoms with Crippen LogP contribution >= 0.6 is 27.5 Å². The summed E-state index contributed by atoms with van der Waals surface area (Å²) in [5, 5.41) is 11.1. The van der Waals surface area contributed by atoms with Gasteiger partial charge in [0.1, 0.15) is 5.02 Å². The monoisotopic (exact) mass is 570 g/mol. The first kappa shape index (κ1) is 25.1. The van der Waals surface area contributed by atoms with Gasteiger partial charge in [-0.15, -0.1) is 0 Å². The van der Waals surface area contributed by atoms with Gasteiger partial charge >= 0.3 is 11.9 Å². The van der Waals surface area contributed by atoms with Gasteiger partial charge in [0.15, 0.2) is 17.2 Å². The number of carbonyl (C=O) groups excluding carboxylic acids is 2. The van der Waals surface area contributed by atoms with E-state index in [1.165, 1.54) is 24.3 Å². The van der Waals surface area contributed by atoms with Crippen LogP contribution in [-0.2, 0) is 9.53 Å². The number of halogens is 2. The van der Waals surface area contributed by atoms with Crippen LogP contribution in [-0.4, -0.2) is 29.4 Å². The van der Waals surface area contributed by atoms with Crippen LogP contribution in [0, 0.1) is 10.1 Å². The zero-order valence-corrected chi connectivity index (χ0v) is 20.9. The van der Waals surface area contributed by atoms with Crippen molar-refractivity contribution in [2.45, 2.75) is 6.92 Å². The molecular weight excluding hydrogens is 556 g/mol. The van der Waals surface area contributed by atoms with E-state index < -0.39 is 16.9 Å². The largest absolute Gasteiger partial charge is 0.490 e. The van der Waals surface area contributed by atoms with Crippen molar-refractivity contribution in [3.8, 4) is 11.5 Å². The Kier molecular flexibility index (Phi) is 7.47. The molecule has 0 aromatic heterocycles. The number of nitro benzene ring substituents is 1. The van der Waals surface area contributed by atoms with Gasteiger partial charge < -0.3 is 14.2 Å². The molecule has 1 heterocycles. The molecule has 4 rings (SSSR count). The van der Waals surface area contributed by atoms with Crippen LogP contribution in [0.5, 0.6) is 11.5 Å². The molecule has 0 unspecified atom stereocenters. The van der Waals surface area contributed by atoms with Crippen LogP contribution < -0.4 is 9.47 Å². The van der Waals surface area contributed by atoms with E-state index in [2.05, 4.69) is 20.9 Å². The Morgan fingerprint density at radius 1 is 1.19 bits per heavy atom. The zero-order valence-electron chi connectivity index (χ0n) is 18.6. The van der Waals surface area contributed by atoms with Gasteiger partial charge in [-0.3, -0.25) is 10.1 Å². The second kappa shape index (κ2) is 10.7. The molecule has 0 N–H and O–H groups in total. The highest BCUT2D eigenvalue weighted by atomic mass is 79.9. The van der Waals surface area contributed by atoms with Crippen LogP contribution in [0.25, 0.3) is 6.08 Å². The van der Waals surface area contributed by atoms with Gasteiger partial charge in [-0.1, -0.05) is 29.8 Å². The van der Waals surface area contributed by atoms with Gasteiger partial charge in [0, 0.05) is 11.6 Å². The maximum Gasteiger partial charge on any atom is 0.363 e. The summed E-state index contributed by atoms with van der Waals surface area (Å²) in [7, 11) is 0. The van der Waals surface area contributed by atoms with Gasteiger partial charge in [-0.05, 0) is 70.9 Å². The molecule has 0 amide bonds. The summed E-state index contributed by atoms with van der Waals surface area (Å²) in [5.41, 5.74) is 0.726. The van der Waals surface area contributed by atoms with Gasteiger partial charge in [-0.25, -0.2) is 14.6 Å². The lowest BCUT2D eigenvalue weighted by Crippen LogP contribution is -2.10. The summed E-state index contributed by atoms with van der Waals surface area (Å²) in [6.45, 7) is 2.07. The molecule has 0 atom stereocenters. The molecular formula is C25H16BrClN2O7. The molecule has 11 heteroatoms. The van der Waals surface area contributed by atoms with Crippen molar-refractivity contribution >= 4 is 57.1 Å². The molecule has 0 fully saturated rings. The summed E-state index contributed by atoms with van der Waals surface area (Å²) in [5.74, 6) is -0.944. The number of carbonyl (C=O) groups is 2. The molecule has 0 radical (unpaired) electrons. The Morgan fingerprint density at radius 2 is 1.94 bits per heavy atom. The number of cyclic esters (lactones) is 1. The zero-order chi connectivity index (χ0) is 25.8. The second-order valence-corrected chi connectivity index (χ2v) is 8.54. The number of rotatable bonds is 7. The van der Waals surface area contributed by atoms with Crippen molar-refractivity contribution in [1.29, 1.82) is 0 Å². The topological polar surface area (TPSA) is 117 Å². The minimum absolute atomic E-state index is 0.0361. The Bertz CT molecular complexity index is 1440. The minimum Gasteiger partial charge on any atom is -0.490 e. The van der Waals surface area contributed by atoms with E-state index in [1.807, 2.05) is 0 Å². The van der Waals surface area contributed by atoms with E-state index in [9.17, 15) is 19.7 Å². The lowest BCUT2D eigenvalue weighted by molar-refractivity contribution is -0.384. The van der Waals surface area contributed by atoms with Gasteiger partial charge in [0.2, 0.25) is 5.90 Å². The fourth-order valence-electron chi connectivity index (χ4n) is 3.24. The molecule has 0 saturated heterocycles. The van der Waals surface area contributed by atoms with E-state index in [4.69, 9.17) is 25.8 Å². The van der Waals surface area contributed by atoms with Crippen molar-refractivity contribution in [3.05, 3.63) is 103 Å². The summed E-state index contributed by atoms with van der Waals surface area (Å²) in [4.78, 5) is 39.7. The summed E-state index contributed by atoms with van der Waals surface area (Å²) in [6.07, 6.45) is 1.45. The van der Waals surface area contributed by atoms with Crippen molar-refractivity contribution in [2.75, 3.05) is 6.61 Å². The minimum atomic E-state index is -0.740. The van der Waals surface area contributed by atoms with E-state index in [0.29, 0.717) is 22.2 Å². The molecule has 0 saturated carbocycles. The van der Waals surface area contributed by atoms with Crippen molar-refractivity contribution in [2.24, 2.45) is 4.99 Å². The number of ether oxygens (including phenoxy) is 3. The van der Waals surface area contributed by atoms with Crippen molar-refractivity contribution in [3.63, 3.8) is 0 Å². The molecule has 0 aliphatic carbocycles. The Labute approximate surface area is 218 Å². The van der Waals surface area contributed by atoms with E-state index >= 15 is 0 Å². The second-order valence-electron chi connectivity index (χ2n) is 7.28. The number of hydrogen-bond acceptors (Lipinski definition) is 8. The van der Waals surface area contributed by atoms with E-state index in [-0.39, 0.29) is 39.4 Å². The summed E-state index contributed by atoms with van der Waals surface area (Å²) in [6, 6.07) is 15.7. The number of benzene rings is 3. The third kappa shape index (κ3) is 5.45. The molecule has 3 aromatic carbocycles. The van der Waals surface area contributed by atoms with Crippen LogP contribution in [0.3, 0.4) is 0 Å². The van der Waals surface area contributed by atoms with Crippen molar-refractivity contribution < 1.29 is 28.7 Å². The Morgan fingerprint density at radius 3 is 2.64 bits per heavy atom. The third-order valence-corrected chi connectivity index (χ3v) is 5.76. The number of nitrogens with zero attached hydrogens (tertiary/aromatic N) is 2. The van der Waals surface area contributed by atoms with Crippen molar-refractivity contribution in [1.82, 2.24) is 0 Å². The predicted octanol–water partition coefficient (Wildman–Crippen LogP) is 5.97. The third-order valence-electron chi connectivity index (χ3n) is 4.85. The van der Waals surface area contributed by atoms with Crippen LogP contribution in [0.15, 0.2) is 75.8 Å². The quantitative estimate of drug-likeness (QED) is 0.113. The standard InChI is InChI=1S/C25H16BrClN2O7/c1-2-34-21-12-14(10-17(26)22(21)35-24(30)15-6-4-3-5-7-15)11-19-25(31)36-23(28-19)16-8-9-18(27)20(13-16)29(32)33/h3-13H,2H2,1H3/b19-11-. The lowest BCUT2D eigenvalue weighted by Gasteiger charge is -2.13. The van der Waals surface area contributed by atoms with E-state index in [0.717, 1.165) is 0 Å². The maximum absolute atomic E-state index is 12.5. The normalized spacial score (nSPS) is 13.8. The van der Waals surface area contributed by atoms with Gasteiger partial charge in [-0.2, -0.15) is 0 Å². The molecule has 9 nitrogen and oxygen atoms in total. The average molecular weight is 572 g/mol. The highest BCUT2D eigenvalue weighted by Gasteiger charge is 2.27. The number of aliphatic imine (C=N–C) groups is 1. The van der Waals surface area contributed by atoms with Crippen LogP contribution in [0.4, 0.5) is 5.69 Å². The fourth-order valence-corrected chi connectivity index (χ4v) is 3.96. The smallest absolute Gasteiger partial charge is 0.363 e. The molecule has 1 aliphatic heterocycles.